The summed E-state index contributed by atoms with van der Waals surface area (Å²) in [7, 11) is -2.25. The Labute approximate surface area is 143 Å². The maximum atomic E-state index is 12.5. The molecule has 0 aliphatic carbocycles. The van der Waals surface area contributed by atoms with Crippen molar-refractivity contribution in [1.29, 1.82) is 0 Å². The van der Waals surface area contributed by atoms with Crippen molar-refractivity contribution in [3.63, 3.8) is 0 Å². The fourth-order valence-corrected chi connectivity index (χ4v) is 3.76. The third kappa shape index (κ3) is 5.76. The average Bonchev–Trinajstić information content (AvgIpc) is 2.49. The van der Waals surface area contributed by atoms with Crippen LogP contribution in [0.1, 0.15) is 26.7 Å². The first kappa shape index (κ1) is 19.9. The molecular formula is C15H24ClN3O3S. The molecule has 1 rings (SSSR count). The number of amides is 1. The van der Waals surface area contributed by atoms with Crippen LogP contribution in [0.4, 0.5) is 5.69 Å². The van der Waals surface area contributed by atoms with Crippen LogP contribution >= 0.6 is 11.6 Å². The van der Waals surface area contributed by atoms with Gasteiger partial charge in [-0.3, -0.25) is 4.79 Å². The Balaban J connectivity index is 2.74. The first-order valence-electron chi connectivity index (χ1n) is 7.58. The average molecular weight is 362 g/mol. The minimum atomic E-state index is -3.65. The molecule has 0 fully saturated rings. The summed E-state index contributed by atoms with van der Waals surface area (Å²) >= 11 is 5.97. The number of carbonyl (C=O) groups excluding carboxylic acids is 1. The number of benzene rings is 1. The fraction of sp³-hybridized carbons (Fsp3) is 0.533. The Hall–Kier alpha value is -1.15. The largest absolute Gasteiger partial charge is 0.324 e. The molecule has 0 unspecified atom stereocenters. The third-order valence-corrected chi connectivity index (χ3v) is 5.44. The van der Waals surface area contributed by atoms with Crippen molar-refractivity contribution in [1.82, 2.24) is 8.61 Å². The zero-order valence-electron chi connectivity index (χ0n) is 13.8. The van der Waals surface area contributed by atoms with E-state index in [4.69, 9.17) is 11.6 Å². The molecule has 0 aliphatic heterocycles. The molecule has 1 amide bonds. The van der Waals surface area contributed by atoms with Crippen LogP contribution in [0.25, 0.3) is 0 Å². The van der Waals surface area contributed by atoms with Crippen LogP contribution in [-0.4, -0.2) is 49.6 Å². The van der Waals surface area contributed by atoms with E-state index in [1.807, 2.05) is 13.8 Å². The molecule has 0 aromatic heterocycles. The molecule has 0 radical (unpaired) electrons. The molecule has 0 aliphatic rings. The second-order valence-corrected chi connectivity index (χ2v) is 7.63. The lowest BCUT2D eigenvalue weighted by Gasteiger charge is -2.26. The van der Waals surface area contributed by atoms with Gasteiger partial charge in [0, 0.05) is 20.1 Å². The normalized spacial score (nSPS) is 11.9. The van der Waals surface area contributed by atoms with Crippen molar-refractivity contribution in [2.45, 2.75) is 26.7 Å². The molecule has 1 N–H and O–H groups in total. The molecular weight excluding hydrogens is 338 g/mol. The van der Waals surface area contributed by atoms with Crippen molar-refractivity contribution in [2.24, 2.45) is 0 Å². The topological polar surface area (TPSA) is 69.7 Å². The van der Waals surface area contributed by atoms with Gasteiger partial charge in [-0.2, -0.15) is 17.0 Å². The Morgan fingerprint density at radius 3 is 2.26 bits per heavy atom. The molecule has 1 aromatic rings. The van der Waals surface area contributed by atoms with Gasteiger partial charge >= 0.3 is 0 Å². The highest BCUT2D eigenvalue weighted by Crippen LogP contribution is 2.20. The van der Waals surface area contributed by atoms with E-state index in [0.717, 1.165) is 17.1 Å². The van der Waals surface area contributed by atoms with Crippen LogP contribution in [0.2, 0.25) is 5.02 Å². The molecule has 1 aromatic carbocycles. The van der Waals surface area contributed by atoms with Crippen LogP contribution in [0, 0.1) is 0 Å². The van der Waals surface area contributed by atoms with Gasteiger partial charge in [0.15, 0.2) is 0 Å². The van der Waals surface area contributed by atoms with Crippen LogP contribution < -0.4 is 5.32 Å². The number of rotatable bonds is 9. The van der Waals surface area contributed by atoms with Gasteiger partial charge in [-0.05, 0) is 25.0 Å². The first-order chi connectivity index (χ1) is 10.8. The number of nitrogens with zero attached hydrogens (tertiary/aromatic N) is 2. The molecule has 0 spiro atoms. The molecule has 0 saturated heterocycles. The second kappa shape index (κ2) is 9.22. The molecule has 0 bridgehead atoms. The molecule has 6 nitrogen and oxygen atoms in total. The molecule has 23 heavy (non-hydrogen) atoms. The monoisotopic (exact) mass is 361 g/mol. The smallest absolute Gasteiger partial charge is 0.282 e. The van der Waals surface area contributed by atoms with E-state index >= 15 is 0 Å². The van der Waals surface area contributed by atoms with Gasteiger partial charge in [0.1, 0.15) is 0 Å². The number of carbonyl (C=O) groups is 1. The van der Waals surface area contributed by atoms with Gasteiger partial charge < -0.3 is 5.32 Å². The van der Waals surface area contributed by atoms with Gasteiger partial charge in [0.2, 0.25) is 5.91 Å². The van der Waals surface area contributed by atoms with E-state index in [9.17, 15) is 13.2 Å². The Morgan fingerprint density at radius 2 is 1.74 bits per heavy atom. The molecule has 0 saturated carbocycles. The highest BCUT2D eigenvalue weighted by molar-refractivity contribution is 7.86. The molecule has 130 valence electrons. The maximum absolute atomic E-state index is 12.5. The van der Waals surface area contributed by atoms with Crippen LogP contribution in [0.3, 0.4) is 0 Å². The van der Waals surface area contributed by atoms with E-state index in [1.54, 1.807) is 24.3 Å². The van der Waals surface area contributed by atoms with Crippen LogP contribution in [0.5, 0.6) is 0 Å². The van der Waals surface area contributed by atoms with Gasteiger partial charge in [-0.15, -0.1) is 0 Å². The van der Waals surface area contributed by atoms with Crippen molar-refractivity contribution in [3.8, 4) is 0 Å². The summed E-state index contributed by atoms with van der Waals surface area (Å²) in [5.41, 5.74) is 0.462. The standard InChI is InChI=1S/C15H24ClN3O3S/c1-4-10-19(11-5-2)23(21,22)18(3)12-15(20)17-14-9-7-6-8-13(14)16/h6-9H,4-5,10-12H2,1-3H3,(H,17,20). The maximum Gasteiger partial charge on any atom is 0.282 e. The highest BCUT2D eigenvalue weighted by atomic mass is 35.5. The minimum Gasteiger partial charge on any atom is -0.324 e. The van der Waals surface area contributed by atoms with Crippen molar-refractivity contribution < 1.29 is 13.2 Å². The summed E-state index contributed by atoms with van der Waals surface area (Å²) in [4.78, 5) is 12.1. The van der Waals surface area contributed by atoms with E-state index in [1.165, 1.54) is 11.4 Å². The number of likely N-dealkylation sites (N-methyl/N-ethyl adjacent to an activating group) is 1. The molecule has 0 heterocycles. The summed E-state index contributed by atoms with van der Waals surface area (Å²) in [6.07, 6.45) is 1.44. The lowest BCUT2D eigenvalue weighted by Crippen LogP contribution is -2.45. The number of hydrogen-bond acceptors (Lipinski definition) is 3. The highest BCUT2D eigenvalue weighted by Gasteiger charge is 2.27. The quantitative estimate of drug-likeness (QED) is 0.734. The van der Waals surface area contributed by atoms with Crippen LogP contribution in [-0.2, 0) is 15.0 Å². The summed E-state index contributed by atoms with van der Waals surface area (Å²) in [5.74, 6) is -0.433. The Kier molecular flexibility index (Phi) is 7.98. The number of nitrogens with one attached hydrogen (secondary N) is 1. The van der Waals surface area contributed by atoms with E-state index < -0.39 is 16.1 Å². The Morgan fingerprint density at radius 1 is 1.17 bits per heavy atom. The number of hydrogen-bond donors (Lipinski definition) is 1. The number of anilines is 1. The number of halogens is 1. The van der Waals surface area contributed by atoms with Gasteiger partial charge in [0.05, 0.1) is 17.3 Å². The van der Waals surface area contributed by atoms with E-state index in [2.05, 4.69) is 5.32 Å². The summed E-state index contributed by atoms with van der Waals surface area (Å²) in [5, 5.41) is 3.03. The third-order valence-electron chi connectivity index (χ3n) is 3.18. The summed E-state index contributed by atoms with van der Waals surface area (Å²) in [6, 6.07) is 6.81. The second-order valence-electron chi connectivity index (χ2n) is 5.19. The lowest BCUT2D eigenvalue weighted by atomic mass is 10.3. The zero-order chi connectivity index (χ0) is 17.5. The molecule has 8 heteroatoms. The first-order valence-corrected chi connectivity index (χ1v) is 9.36. The van der Waals surface area contributed by atoms with Crippen molar-refractivity contribution in [2.75, 3.05) is 32.0 Å². The SMILES string of the molecule is CCCN(CCC)S(=O)(=O)N(C)CC(=O)Nc1ccccc1Cl. The summed E-state index contributed by atoms with van der Waals surface area (Å²) in [6.45, 7) is 4.45. The van der Waals surface area contributed by atoms with E-state index in [0.29, 0.717) is 23.8 Å². The lowest BCUT2D eigenvalue weighted by molar-refractivity contribution is -0.116. The summed E-state index contributed by atoms with van der Waals surface area (Å²) < 4.78 is 27.5. The zero-order valence-corrected chi connectivity index (χ0v) is 15.3. The van der Waals surface area contributed by atoms with Gasteiger partial charge in [0.25, 0.3) is 10.2 Å². The Bertz CT molecular complexity index is 616. The number of para-hydroxylation sites is 1. The van der Waals surface area contributed by atoms with Crippen LogP contribution in [0.15, 0.2) is 24.3 Å². The van der Waals surface area contributed by atoms with Crippen molar-refractivity contribution >= 4 is 33.4 Å². The van der Waals surface area contributed by atoms with Gasteiger partial charge in [-0.1, -0.05) is 37.6 Å². The predicted octanol–water partition coefficient (Wildman–Crippen LogP) is 2.58. The van der Waals surface area contributed by atoms with E-state index in [-0.39, 0.29) is 6.54 Å². The molecule has 0 atom stereocenters. The predicted molar refractivity (Wildman–Crippen MR) is 93.8 cm³/mol. The minimum absolute atomic E-state index is 0.266. The van der Waals surface area contributed by atoms with Crippen molar-refractivity contribution in [3.05, 3.63) is 29.3 Å². The van der Waals surface area contributed by atoms with Gasteiger partial charge in [-0.25, -0.2) is 0 Å². The fourth-order valence-electron chi connectivity index (χ4n) is 2.07.